The van der Waals surface area contributed by atoms with Crippen molar-refractivity contribution in [3.05, 3.63) is 71.8 Å². The third-order valence-corrected chi connectivity index (χ3v) is 4.92. The van der Waals surface area contributed by atoms with E-state index in [0.717, 1.165) is 41.3 Å². The number of aromatic nitrogens is 2. The number of alkyl halides is 2. The molecule has 0 bridgehead atoms. The first-order valence-electron chi connectivity index (χ1n) is 9.23. The highest BCUT2D eigenvalue weighted by Crippen LogP contribution is 2.25. The molecule has 0 spiro atoms. The van der Waals surface area contributed by atoms with Gasteiger partial charge < -0.3 is 9.47 Å². The van der Waals surface area contributed by atoms with E-state index in [1.807, 2.05) is 17.0 Å². The highest BCUT2D eigenvalue weighted by molar-refractivity contribution is 6.18. The molecule has 0 amide bonds. The molecule has 6 heteroatoms. The first-order valence-corrected chi connectivity index (χ1v) is 10.3. The summed E-state index contributed by atoms with van der Waals surface area (Å²) in [5.74, 6) is 1.15. The number of aryl methyl sites for hydroxylation is 2. The van der Waals surface area contributed by atoms with Gasteiger partial charge in [-0.25, -0.2) is 4.98 Å². The lowest BCUT2D eigenvalue weighted by Crippen LogP contribution is -2.27. The van der Waals surface area contributed by atoms with E-state index in [9.17, 15) is 0 Å². The van der Waals surface area contributed by atoms with Crippen molar-refractivity contribution < 1.29 is 0 Å². The Balaban J connectivity index is 1.88. The maximum absolute atomic E-state index is 5.93. The zero-order valence-electron chi connectivity index (χ0n) is 16.1. The molecular formula is C22H24Cl2N4. The van der Waals surface area contributed by atoms with Gasteiger partial charge in [-0.3, -0.25) is 4.99 Å². The quantitative estimate of drug-likeness (QED) is 0.358. The van der Waals surface area contributed by atoms with Crippen LogP contribution in [0.15, 0.2) is 60.1 Å². The number of nitrogens with zero attached hydrogens (tertiary/aromatic N) is 4. The van der Waals surface area contributed by atoms with Gasteiger partial charge in [0.05, 0.1) is 17.7 Å². The summed E-state index contributed by atoms with van der Waals surface area (Å²) in [4.78, 5) is 11.1. The molecule has 1 heterocycles. The minimum atomic E-state index is 0.573. The minimum Gasteiger partial charge on any atom is -0.369 e. The molecule has 3 rings (SSSR count). The van der Waals surface area contributed by atoms with Gasteiger partial charge in [0.1, 0.15) is 0 Å². The van der Waals surface area contributed by atoms with E-state index >= 15 is 0 Å². The summed E-state index contributed by atoms with van der Waals surface area (Å²) in [5, 5.41) is 0. The van der Waals surface area contributed by atoms with Crippen LogP contribution >= 0.6 is 23.2 Å². The minimum absolute atomic E-state index is 0.573. The van der Waals surface area contributed by atoms with Crippen LogP contribution in [0.3, 0.4) is 0 Å². The molecule has 1 aromatic heterocycles. The van der Waals surface area contributed by atoms with Gasteiger partial charge >= 0.3 is 0 Å². The lowest BCUT2D eigenvalue weighted by Gasteiger charge is -2.23. The number of hydrogen-bond acceptors (Lipinski definition) is 3. The van der Waals surface area contributed by atoms with Crippen LogP contribution in [-0.2, 0) is 0 Å². The van der Waals surface area contributed by atoms with Crippen LogP contribution in [0, 0.1) is 13.8 Å². The smallest absolute Gasteiger partial charge is 0.0992 e. The fraction of sp³-hybridized carbons (Fsp3) is 0.273. The second-order valence-electron chi connectivity index (χ2n) is 6.63. The molecule has 0 aliphatic carbocycles. The highest BCUT2D eigenvalue weighted by atomic mass is 35.5. The molecule has 0 N–H and O–H groups in total. The van der Waals surface area contributed by atoms with Gasteiger partial charge in [0.15, 0.2) is 0 Å². The van der Waals surface area contributed by atoms with Gasteiger partial charge in [-0.1, -0.05) is 12.1 Å². The Hall–Kier alpha value is -2.30. The van der Waals surface area contributed by atoms with E-state index in [1.165, 1.54) is 5.56 Å². The molecule has 28 heavy (non-hydrogen) atoms. The Kier molecular flexibility index (Phi) is 7.12. The van der Waals surface area contributed by atoms with Crippen molar-refractivity contribution in [1.82, 2.24) is 9.55 Å². The fourth-order valence-electron chi connectivity index (χ4n) is 3.07. The maximum Gasteiger partial charge on any atom is 0.0992 e. The molecule has 2 aromatic carbocycles. The van der Waals surface area contributed by atoms with E-state index < -0.39 is 0 Å². The standard InChI is InChI=1S/C22H24Cl2N4/c1-17-3-6-22(28-12-9-25-16-28)21(13-17)26-15-19-4-5-20(14-18(19)2)27(10-7-23)11-8-24/h3-6,9,12-16H,7-8,10-11H2,1-2H3. The summed E-state index contributed by atoms with van der Waals surface area (Å²) in [7, 11) is 0. The number of anilines is 1. The average Bonchev–Trinajstić information content (AvgIpc) is 3.21. The van der Waals surface area contributed by atoms with Gasteiger partial charge in [-0.05, 0) is 54.8 Å². The largest absolute Gasteiger partial charge is 0.369 e. The SMILES string of the molecule is Cc1ccc(-n2ccnc2)c(N=Cc2ccc(N(CCCl)CCCl)cc2C)c1. The van der Waals surface area contributed by atoms with Crippen molar-refractivity contribution in [1.29, 1.82) is 0 Å². The number of benzene rings is 2. The first-order chi connectivity index (χ1) is 13.6. The first kappa shape index (κ1) is 20.4. The zero-order valence-corrected chi connectivity index (χ0v) is 17.7. The monoisotopic (exact) mass is 414 g/mol. The number of aliphatic imine (C=N–C) groups is 1. The summed E-state index contributed by atoms with van der Waals surface area (Å²) in [6.07, 6.45) is 7.39. The Morgan fingerprint density at radius 2 is 1.86 bits per heavy atom. The van der Waals surface area contributed by atoms with Crippen molar-refractivity contribution in [2.24, 2.45) is 4.99 Å². The van der Waals surface area contributed by atoms with Gasteiger partial charge in [0, 0.05) is 49.1 Å². The second kappa shape index (κ2) is 9.76. The summed E-state index contributed by atoms with van der Waals surface area (Å²) >= 11 is 11.9. The molecule has 0 saturated carbocycles. The fourth-order valence-corrected chi connectivity index (χ4v) is 3.48. The molecule has 0 saturated heterocycles. The van der Waals surface area contributed by atoms with Gasteiger partial charge in [0.2, 0.25) is 0 Å². The number of halogens is 2. The van der Waals surface area contributed by atoms with E-state index in [4.69, 9.17) is 28.2 Å². The normalized spacial score (nSPS) is 11.3. The van der Waals surface area contributed by atoms with E-state index in [-0.39, 0.29) is 0 Å². The summed E-state index contributed by atoms with van der Waals surface area (Å²) < 4.78 is 1.97. The highest BCUT2D eigenvalue weighted by Gasteiger charge is 2.08. The molecule has 3 aromatic rings. The van der Waals surface area contributed by atoms with Crippen molar-refractivity contribution in [3.8, 4) is 5.69 Å². The second-order valence-corrected chi connectivity index (χ2v) is 7.38. The van der Waals surface area contributed by atoms with Gasteiger partial charge in [-0.2, -0.15) is 0 Å². The van der Waals surface area contributed by atoms with Crippen molar-refractivity contribution in [2.45, 2.75) is 13.8 Å². The van der Waals surface area contributed by atoms with Crippen molar-refractivity contribution >= 4 is 40.8 Å². The number of rotatable bonds is 8. The molecule has 0 unspecified atom stereocenters. The summed E-state index contributed by atoms with van der Waals surface area (Å²) in [6.45, 7) is 5.72. The molecule has 4 nitrogen and oxygen atoms in total. The molecule has 0 aliphatic rings. The lowest BCUT2D eigenvalue weighted by atomic mass is 10.1. The molecule has 0 fully saturated rings. The molecular weight excluding hydrogens is 391 g/mol. The Morgan fingerprint density at radius 1 is 1.07 bits per heavy atom. The topological polar surface area (TPSA) is 33.4 Å². The van der Waals surface area contributed by atoms with Crippen LogP contribution in [0.2, 0.25) is 0 Å². The number of hydrogen-bond donors (Lipinski definition) is 0. The Bertz CT molecular complexity index is 930. The summed E-state index contributed by atoms with van der Waals surface area (Å²) in [5.41, 5.74) is 6.45. The summed E-state index contributed by atoms with van der Waals surface area (Å²) in [6, 6.07) is 12.6. The third kappa shape index (κ3) is 4.94. The zero-order chi connectivity index (χ0) is 19.9. The number of imidazole rings is 1. The predicted octanol–water partition coefficient (Wildman–Crippen LogP) is 5.52. The van der Waals surface area contributed by atoms with Crippen LogP contribution in [0.5, 0.6) is 0 Å². The average molecular weight is 415 g/mol. The third-order valence-electron chi connectivity index (χ3n) is 4.58. The maximum atomic E-state index is 5.93. The van der Waals surface area contributed by atoms with Gasteiger partial charge in [-0.15, -0.1) is 23.2 Å². The van der Waals surface area contributed by atoms with Gasteiger partial charge in [0.25, 0.3) is 0 Å². The molecule has 0 aliphatic heterocycles. The van der Waals surface area contributed by atoms with Crippen LogP contribution in [0.4, 0.5) is 11.4 Å². The van der Waals surface area contributed by atoms with Crippen LogP contribution in [0.25, 0.3) is 5.69 Å². The predicted molar refractivity (Wildman–Crippen MR) is 120 cm³/mol. The molecule has 0 atom stereocenters. The molecule has 0 radical (unpaired) electrons. The van der Waals surface area contributed by atoms with Crippen LogP contribution in [0.1, 0.15) is 16.7 Å². The van der Waals surface area contributed by atoms with E-state index in [2.05, 4.69) is 60.1 Å². The lowest BCUT2D eigenvalue weighted by molar-refractivity contribution is 0.873. The molecule has 146 valence electrons. The van der Waals surface area contributed by atoms with Crippen molar-refractivity contribution in [3.63, 3.8) is 0 Å². The van der Waals surface area contributed by atoms with E-state index in [0.29, 0.717) is 11.8 Å². The Labute approximate surface area is 176 Å². The Morgan fingerprint density at radius 3 is 2.50 bits per heavy atom. The van der Waals surface area contributed by atoms with Crippen LogP contribution in [-0.4, -0.2) is 40.6 Å². The van der Waals surface area contributed by atoms with Crippen molar-refractivity contribution in [2.75, 3.05) is 29.7 Å². The van der Waals surface area contributed by atoms with Crippen LogP contribution < -0.4 is 4.90 Å². The van der Waals surface area contributed by atoms with E-state index in [1.54, 1.807) is 12.5 Å².